The number of nitrogens with one attached hydrogen (secondary N) is 4. The molecule has 5 atom stereocenters. The standard InChI is InChI=1S/C24H34N6O6/c1-13(2)19(23(34)30-20(14(3)31)24(35)36)29-22(33)18(9-15-7-5-4-6-8-15)28-21(32)17(25)10-16-11-26-12-27-16/h4-8,11-14,17-20,31H,9-10,25H2,1-3H3,(H,26,27)(H,28,32)(H,29,33)(H,30,34)(H,35,36). The molecular formula is C24H34N6O6. The third kappa shape index (κ3) is 8.47. The van der Waals surface area contributed by atoms with Crippen molar-refractivity contribution in [1.29, 1.82) is 0 Å². The summed E-state index contributed by atoms with van der Waals surface area (Å²) in [6.07, 6.45) is 1.97. The summed E-state index contributed by atoms with van der Waals surface area (Å²) in [5.41, 5.74) is 7.45. The number of aliphatic hydroxyl groups is 1. The highest BCUT2D eigenvalue weighted by Crippen LogP contribution is 2.08. The smallest absolute Gasteiger partial charge is 0.328 e. The first-order valence-corrected chi connectivity index (χ1v) is 11.6. The van der Waals surface area contributed by atoms with E-state index < -0.39 is 59.9 Å². The summed E-state index contributed by atoms with van der Waals surface area (Å²) < 4.78 is 0. The van der Waals surface area contributed by atoms with Gasteiger partial charge in [0.25, 0.3) is 0 Å². The van der Waals surface area contributed by atoms with E-state index in [4.69, 9.17) is 5.73 Å². The monoisotopic (exact) mass is 502 g/mol. The zero-order valence-electron chi connectivity index (χ0n) is 20.5. The molecule has 2 rings (SSSR count). The first-order chi connectivity index (χ1) is 17.0. The summed E-state index contributed by atoms with van der Waals surface area (Å²) >= 11 is 0. The lowest BCUT2D eigenvalue weighted by atomic mass is 10.00. The lowest BCUT2D eigenvalue weighted by molar-refractivity contribution is -0.145. The average Bonchev–Trinajstić information content (AvgIpc) is 3.33. The highest BCUT2D eigenvalue weighted by molar-refractivity contribution is 5.94. The molecule has 12 heteroatoms. The normalized spacial score (nSPS) is 15.3. The minimum Gasteiger partial charge on any atom is -0.480 e. The highest BCUT2D eigenvalue weighted by Gasteiger charge is 2.33. The quantitative estimate of drug-likeness (QED) is 0.183. The number of carboxylic acid groups (broad SMARTS) is 1. The number of hydrogen-bond donors (Lipinski definition) is 7. The Morgan fingerprint density at radius 1 is 0.944 bits per heavy atom. The fourth-order valence-electron chi connectivity index (χ4n) is 3.48. The molecule has 3 amide bonds. The molecular weight excluding hydrogens is 468 g/mol. The summed E-state index contributed by atoms with van der Waals surface area (Å²) in [5.74, 6) is -3.81. The number of aliphatic carboxylic acids is 1. The molecule has 0 radical (unpaired) electrons. The van der Waals surface area contributed by atoms with Crippen LogP contribution in [0.1, 0.15) is 32.0 Å². The van der Waals surface area contributed by atoms with E-state index in [1.54, 1.807) is 44.3 Å². The first-order valence-electron chi connectivity index (χ1n) is 11.6. The fourth-order valence-corrected chi connectivity index (χ4v) is 3.48. The molecule has 196 valence electrons. The van der Waals surface area contributed by atoms with E-state index in [0.717, 1.165) is 5.56 Å². The number of nitrogens with zero attached hydrogens (tertiary/aromatic N) is 1. The molecule has 0 aliphatic heterocycles. The van der Waals surface area contributed by atoms with E-state index in [1.165, 1.54) is 13.3 Å². The molecule has 0 aliphatic rings. The largest absolute Gasteiger partial charge is 0.480 e. The maximum absolute atomic E-state index is 13.3. The molecule has 1 heterocycles. The predicted octanol–water partition coefficient (Wildman–Crippen LogP) is -0.902. The molecule has 1 aromatic heterocycles. The Kier molecular flexibility index (Phi) is 10.6. The molecule has 0 bridgehead atoms. The molecule has 12 nitrogen and oxygen atoms in total. The number of rotatable bonds is 13. The number of carbonyl (C=O) groups is 4. The van der Waals surface area contributed by atoms with Crippen LogP contribution in [0.2, 0.25) is 0 Å². The molecule has 5 unspecified atom stereocenters. The molecule has 2 aromatic rings. The molecule has 8 N–H and O–H groups in total. The second-order valence-electron chi connectivity index (χ2n) is 8.93. The van der Waals surface area contributed by atoms with Crippen molar-refractivity contribution >= 4 is 23.7 Å². The second kappa shape index (κ2) is 13.4. The third-order valence-electron chi connectivity index (χ3n) is 5.54. The summed E-state index contributed by atoms with van der Waals surface area (Å²) in [7, 11) is 0. The maximum atomic E-state index is 13.3. The van der Waals surface area contributed by atoms with Gasteiger partial charge in [-0.3, -0.25) is 14.4 Å². The Hall–Kier alpha value is -3.77. The van der Waals surface area contributed by atoms with E-state index in [1.807, 2.05) is 6.07 Å². The zero-order valence-corrected chi connectivity index (χ0v) is 20.5. The molecule has 0 saturated carbocycles. The van der Waals surface area contributed by atoms with Gasteiger partial charge in [0.2, 0.25) is 17.7 Å². The number of benzene rings is 1. The van der Waals surface area contributed by atoms with Gasteiger partial charge in [-0.15, -0.1) is 0 Å². The number of carboxylic acids is 1. The summed E-state index contributed by atoms with van der Waals surface area (Å²) in [5, 5.41) is 26.5. The van der Waals surface area contributed by atoms with Gasteiger partial charge in [0.15, 0.2) is 6.04 Å². The summed E-state index contributed by atoms with van der Waals surface area (Å²) in [6, 6.07) is 4.32. The molecule has 0 spiro atoms. The average molecular weight is 503 g/mol. The number of H-pyrrole nitrogens is 1. The van der Waals surface area contributed by atoms with Crippen molar-refractivity contribution in [2.75, 3.05) is 0 Å². The lowest BCUT2D eigenvalue weighted by Crippen LogP contribution is -2.60. The number of carbonyl (C=O) groups excluding carboxylic acids is 3. The lowest BCUT2D eigenvalue weighted by Gasteiger charge is -2.27. The van der Waals surface area contributed by atoms with E-state index in [2.05, 4.69) is 25.9 Å². The van der Waals surface area contributed by atoms with Crippen LogP contribution in [0.25, 0.3) is 0 Å². The number of amides is 3. The Morgan fingerprint density at radius 2 is 1.58 bits per heavy atom. The van der Waals surface area contributed by atoms with Crippen LogP contribution >= 0.6 is 0 Å². The van der Waals surface area contributed by atoms with Gasteiger partial charge < -0.3 is 36.9 Å². The number of aromatic amines is 1. The van der Waals surface area contributed by atoms with E-state index in [9.17, 15) is 29.4 Å². The fraction of sp³-hybridized carbons (Fsp3) is 0.458. The van der Waals surface area contributed by atoms with Crippen molar-refractivity contribution in [3.05, 3.63) is 54.1 Å². The minimum atomic E-state index is -1.55. The van der Waals surface area contributed by atoms with E-state index in [-0.39, 0.29) is 12.8 Å². The SMILES string of the molecule is CC(C)C(NC(=O)C(Cc1ccccc1)NC(=O)C(N)Cc1cnc[nH]1)C(=O)NC(C(=O)O)C(C)O. The maximum Gasteiger partial charge on any atom is 0.328 e. The van der Waals surface area contributed by atoms with Crippen LogP contribution in [0.5, 0.6) is 0 Å². The third-order valence-corrected chi connectivity index (χ3v) is 5.54. The number of imidazole rings is 1. The molecule has 0 fully saturated rings. The van der Waals surface area contributed by atoms with Gasteiger partial charge in [-0.25, -0.2) is 9.78 Å². The van der Waals surface area contributed by atoms with Crippen molar-refractivity contribution in [2.45, 2.75) is 63.9 Å². The van der Waals surface area contributed by atoms with Gasteiger partial charge in [0.05, 0.1) is 18.5 Å². The van der Waals surface area contributed by atoms with E-state index in [0.29, 0.717) is 5.69 Å². The van der Waals surface area contributed by atoms with E-state index >= 15 is 0 Å². The van der Waals surface area contributed by atoms with Gasteiger partial charge in [-0.05, 0) is 18.4 Å². The molecule has 0 aliphatic carbocycles. The van der Waals surface area contributed by atoms with Gasteiger partial charge in [0, 0.05) is 24.7 Å². The number of nitrogens with two attached hydrogens (primary N) is 1. The Labute approximate surface area is 209 Å². The van der Waals surface area contributed by atoms with Crippen LogP contribution in [0, 0.1) is 5.92 Å². The zero-order chi connectivity index (χ0) is 26.8. The van der Waals surface area contributed by atoms with Crippen LogP contribution in [0.15, 0.2) is 42.9 Å². The molecule has 0 saturated heterocycles. The minimum absolute atomic E-state index is 0.132. The molecule has 36 heavy (non-hydrogen) atoms. The van der Waals surface area contributed by atoms with Crippen LogP contribution < -0.4 is 21.7 Å². The molecule has 1 aromatic carbocycles. The van der Waals surface area contributed by atoms with Crippen molar-refractivity contribution in [1.82, 2.24) is 25.9 Å². The highest BCUT2D eigenvalue weighted by atomic mass is 16.4. The van der Waals surface area contributed by atoms with Gasteiger partial charge >= 0.3 is 5.97 Å². The number of aliphatic hydroxyl groups excluding tert-OH is 1. The van der Waals surface area contributed by atoms with Crippen molar-refractivity contribution < 1.29 is 29.4 Å². The summed E-state index contributed by atoms with van der Waals surface area (Å²) in [4.78, 5) is 57.0. The van der Waals surface area contributed by atoms with Crippen molar-refractivity contribution in [3.63, 3.8) is 0 Å². The van der Waals surface area contributed by atoms with Crippen LogP contribution in [-0.2, 0) is 32.0 Å². The van der Waals surface area contributed by atoms with Crippen LogP contribution in [0.4, 0.5) is 0 Å². The topological polar surface area (TPSA) is 200 Å². The second-order valence-corrected chi connectivity index (χ2v) is 8.93. The van der Waals surface area contributed by atoms with Crippen molar-refractivity contribution in [3.8, 4) is 0 Å². The Balaban J connectivity index is 2.18. The Morgan fingerprint density at radius 3 is 2.11 bits per heavy atom. The van der Waals surface area contributed by atoms with Crippen LogP contribution in [-0.4, -0.2) is 74.1 Å². The first kappa shape index (κ1) is 28.5. The predicted molar refractivity (Wildman–Crippen MR) is 130 cm³/mol. The van der Waals surface area contributed by atoms with Crippen LogP contribution in [0.3, 0.4) is 0 Å². The van der Waals surface area contributed by atoms with Gasteiger partial charge in [0.1, 0.15) is 12.1 Å². The number of hydrogen-bond acceptors (Lipinski definition) is 7. The van der Waals surface area contributed by atoms with Gasteiger partial charge in [-0.2, -0.15) is 0 Å². The van der Waals surface area contributed by atoms with Gasteiger partial charge in [-0.1, -0.05) is 44.2 Å². The number of aromatic nitrogens is 2. The Bertz CT molecular complexity index is 1010. The van der Waals surface area contributed by atoms with Crippen molar-refractivity contribution in [2.24, 2.45) is 11.7 Å². The summed E-state index contributed by atoms with van der Waals surface area (Å²) in [6.45, 7) is 4.58.